The molecule has 0 spiro atoms. The predicted molar refractivity (Wildman–Crippen MR) is 80.3 cm³/mol. The third-order valence-electron chi connectivity index (χ3n) is 3.72. The van der Waals surface area contributed by atoms with Crippen molar-refractivity contribution >= 4 is 15.9 Å². The van der Waals surface area contributed by atoms with Gasteiger partial charge in [0, 0.05) is 34.1 Å². The average molecular weight is 354 g/mol. The van der Waals surface area contributed by atoms with E-state index in [2.05, 4.69) is 21.2 Å². The second-order valence-corrected chi connectivity index (χ2v) is 5.95. The maximum atomic E-state index is 14.0. The molecule has 2 aromatic carbocycles. The molecule has 110 valence electrons. The zero-order valence-electron chi connectivity index (χ0n) is 11.4. The molecule has 1 aliphatic heterocycles. The summed E-state index contributed by atoms with van der Waals surface area (Å²) in [6, 6.07) is 9.21. The maximum absolute atomic E-state index is 14.0. The highest BCUT2D eigenvalue weighted by Gasteiger charge is 2.30. The van der Waals surface area contributed by atoms with Crippen LogP contribution in [-0.4, -0.2) is 7.05 Å². The normalized spacial score (nSPS) is 20.8. The van der Waals surface area contributed by atoms with Gasteiger partial charge in [0.1, 0.15) is 23.5 Å². The zero-order chi connectivity index (χ0) is 15.0. The molecule has 0 aromatic heterocycles. The van der Waals surface area contributed by atoms with E-state index < -0.39 is 6.10 Å². The van der Waals surface area contributed by atoms with E-state index in [0.717, 1.165) is 10.0 Å². The molecule has 2 nitrogen and oxygen atoms in total. The third-order valence-corrected chi connectivity index (χ3v) is 4.22. The largest absolute Gasteiger partial charge is 0.485 e. The number of halogens is 3. The second kappa shape index (κ2) is 5.73. The Kier molecular flexibility index (Phi) is 3.95. The molecule has 3 rings (SSSR count). The van der Waals surface area contributed by atoms with Crippen LogP contribution >= 0.6 is 15.9 Å². The standard InChI is InChI=1S/C16H14BrF2NO/c1-20-14-8-16(12-6-9(17)2-5-13(12)19)21-15-7-10(18)3-4-11(14)15/h2-7,14,16,20H,8H2,1H3. The van der Waals surface area contributed by atoms with Gasteiger partial charge in [-0.15, -0.1) is 0 Å². The minimum absolute atomic E-state index is 0.00210. The lowest BCUT2D eigenvalue weighted by molar-refractivity contribution is 0.149. The van der Waals surface area contributed by atoms with E-state index in [-0.39, 0.29) is 17.7 Å². The van der Waals surface area contributed by atoms with Gasteiger partial charge in [-0.05, 0) is 31.3 Å². The van der Waals surface area contributed by atoms with Crippen LogP contribution in [0.25, 0.3) is 0 Å². The Labute approximate surface area is 130 Å². The van der Waals surface area contributed by atoms with Crippen molar-refractivity contribution in [3.05, 3.63) is 63.6 Å². The lowest BCUT2D eigenvalue weighted by Gasteiger charge is -2.32. The summed E-state index contributed by atoms with van der Waals surface area (Å²) in [7, 11) is 1.83. The Morgan fingerprint density at radius 2 is 1.95 bits per heavy atom. The minimum Gasteiger partial charge on any atom is -0.485 e. The van der Waals surface area contributed by atoms with Crippen LogP contribution in [0.15, 0.2) is 40.9 Å². The summed E-state index contributed by atoms with van der Waals surface area (Å²) in [5.74, 6) is -0.221. The molecular formula is C16H14BrF2NO. The fraction of sp³-hybridized carbons (Fsp3) is 0.250. The molecule has 5 heteroatoms. The number of rotatable bonds is 2. The van der Waals surface area contributed by atoms with Gasteiger partial charge in [0.05, 0.1) is 0 Å². The van der Waals surface area contributed by atoms with Crippen molar-refractivity contribution in [3.63, 3.8) is 0 Å². The first-order valence-corrected chi connectivity index (χ1v) is 7.46. The average Bonchev–Trinajstić information content (AvgIpc) is 2.48. The smallest absolute Gasteiger partial charge is 0.130 e. The summed E-state index contributed by atoms with van der Waals surface area (Å²) < 4.78 is 34.1. The lowest BCUT2D eigenvalue weighted by atomic mass is 9.93. The molecule has 21 heavy (non-hydrogen) atoms. The number of nitrogens with one attached hydrogen (secondary N) is 1. The topological polar surface area (TPSA) is 21.3 Å². The summed E-state index contributed by atoms with van der Waals surface area (Å²) in [5, 5.41) is 3.18. The Morgan fingerprint density at radius 1 is 1.14 bits per heavy atom. The van der Waals surface area contributed by atoms with Crippen molar-refractivity contribution in [2.75, 3.05) is 7.05 Å². The van der Waals surface area contributed by atoms with Crippen LogP contribution in [-0.2, 0) is 0 Å². The number of hydrogen-bond acceptors (Lipinski definition) is 2. The van der Waals surface area contributed by atoms with Crippen LogP contribution < -0.4 is 10.1 Å². The molecule has 1 heterocycles. The van der Waals surface area contributed by atoms with Gasteiger partial charge in [0.25, 0.3) is 0 Å². The van der Waals surface area contributed by atoms with E-state index in [1.165, 1.54) is 18.2 Å². The van der Waals surface area contributed by atoms with Gasteiger partial charge in [-0.25, -0.2) is 8.78 Å². The first-order valence-electron chi connectivity index (χ1n) is 6.67. The Hall–Kier alpha value is -1.46. The van der Waals surface area contributed by atoms with Crippen LogP contribution in [0.2, 0.25) is 0 Å². The van der Waals surface area contributed by atoms with Gasteiger partial charge >= 0.3 is 0 Å². The molecular weight excluding hydrogens is 340 g/mol. The fourth-order valence-electron chi connectivity index (χ4n) is 2.67. The molecule has 0 amide bonds. The molecule has 1 N–H and O–H groups in total. The van der Waals surface area contributed by atoms with E-state index in [0.29, 0.717) is 17.7 Å². The summed E-state index contributed by atoms with van der Waals surface area (Å²) in [5.41, 5.74) is 1.37. The number of ether oxygens (including phenoxy) is 1. The SMILES string of the molecule is CNC1CC(c2cc(Br)ccc2F)Oc2cc(F)ccc21. The number of benzene rings is 2. The predicted octanol–water partition coefficient (Wildman–Crippen LogP) is 4.51. The molecule has 2 unspecified atom stereocenters. The van der Waals surface area contributed by atoms with Crippen molar-refractivity contribution in [2.24, 2.45) is 0 Å². The fourth-order valence-corrected chi connectivity index (χ4v) is 3.04. The van der Waals surface area contributed by atoms with Gasteiger partial charge in [-0.2, -0.15) is 0 Å². The molecule has 2 aromatic rings. The van der Waals surface area contributed by atoms with Gasteiger partial charge in [-0.3, -0.25) is 0 Å². The summed E-state index contributed by atoms with van der Waals surface area (Å²) in [4.78, 5) is 0. The first-order chi connectivity index (χ1) is 10.1. The van der Waals surface area contributed by atoms with Gasteiger partial charge in [0.15, 0.2) is 0 Å². The zero-order valence-corrected chi connectivity index (χ0v) is 13.0. The Bertz CT molecular complexity index is 677. The molecule has 0 radical (unpaired) electrons. The van der Waals surface area contributed by atoms with Crippen LogP contribution in [0.4, 0.5) is 8.78 Å². The van der Waals surface area contributed by atoms with Crippen molar-refractivity contribution in [2.45, 2.75) is 18.6 Å². The third kappa shape index (κ3) is 2.80. The van der Waals surface area contributed by atoms with Gasteiger partial charge in [0.2, 0.25) is 0 Å². The maximum Gasteiger partial charge on any atom is 0.130 e. The van der Waals surface area contributed by atoms with Crippen LogP contribution in [0, 0.1) is 11.6 Å². The number of fused-ring (bicyclic) bond motifs is 1. The van der Waals surface area contributed by atoms with Crippen LogP contribution in [0.1, 0.15) is 29.7 Å². The molecule has 0 bridgehead atoms. The van der Waals surface area contributed by atoms with Crippen molar-refractivity contribution < 1.29 is 13.5 Å². The van der Waals surface area contributed by atoms with E-state index in [9.17, 15) is 8.78 Å². The van der Waals surface area contributed by atoms with Crippen molar-refractivity contribution in [3.8, 4) is 5.75 Å². The summed E-state index contributed by atoms with van der Waals surface area (Å²) >= 11 is 3.34. The van der Waals surface area contributed by atoms with Gasteiger partial charge in [-0.1, -0.05) is 22.0 Å². The minimum atomic E-state index is -0.450. The van der Waals surface area contributed by atoms with Gasteiger partial charge < -0.3 is 10.1 Å². The number of hydrogen-bond donors (Lipinski definition) is 1. The molecule has 0 saturated heterocycles. The highest BCUT2D eigenvalue weighted by molar-refractivity contribution is 9.10. The monoisotopic (exact) mass is 353 g/mol. The molecule has 1 aliphatic rings. The first kappa shape index (κ1) is 14.5. The summed E-state index contributed by atoms with van der Waals surface area (Å²) in [6.07, 6.45) is 0.136. The Morgan fingerprint density at radius 3 is 2.71 bits per heavy atom. The summed E-state index contributed by atoms with van der Waals surface area (Å²) in [6.45, 7) is 0. The molecule has 2 atom stereocenters. The highest BCUT2D eigenvalue weighted by atomic mass is 79.9. The van der Waals surface area contributed by atoms with Crippen molar-refractivity contribution in [1.82, 2.24) is 5.32 Å². The molecule has 0 fully saturated rings. The second-order valence-electron chi connectivity index (χ2n) is 5.03. The molecule has 0 saturated carbocycles. The van der Waals surface area contributed by atoms with E-state index in [1.54, 1.807) is 18.2 Å². The van der Waals surface area contributed by atoms with Crippen LogP contribution in [0.5, 0.6) is 5.75 Å². The van der Waals surface area contributed by atoms with E-state index >= 15 is 0 Å². The highest BCUT2D eigenvalue weighted by Crippen LogP contribution is 2.41. The quantitative estimate of drug-likeness (QED) is 0.857. The lowest BCUT2D eigenvalue weighted by Crippen LogP contribution is -2.27. The van der Waals surface area contributed by atoms with E-state index in [1.807, 2.05) is 7.05 Å². The van der Waals surface area contributed by atoms with E-state index in [4.69, 9.17) is 4.74 Å². The van der Waals surface area contributed by atoms with Crippen LogP contribution in [0.3, 0.4) is 0 Å². The molecule has 0 aliphatic carbocycles. The Balaban J connectivity index is 2.01. The van der Waals surface area contributed by atoms with Crippen molar-refractivity contribution in [1.29, 1.82) is 0 Å².